The van der Waals surface area contributed by atoms with Gasteiger partial charge in [0.15, 0.2) is 5.65 Å². The minimum atomic E-state index is -4.50. The molecule has 1 aliphatic rings. The van der Waals surface area contributed by atoms with Gasteiger partial charge < -0.3 is 9.88 Å². The fourth-order valence-corrected chi connectivity index (χ4v) is 3.95. The van der Waals surface area contributed by atoms with Gasteiger partial charge in [0, 0.05) is 24.0 Å². The van der Waals surface area contributed by atoms with Crippen LogP contribution in [0.4, 0.5) is 13.2 Å². The second kappa shape index (κ2) is 6.99. The predicted molar refractivity (Wildman–Crippen MR) is 95.3 cm³/mol. The Balaban J connectivity index is 1.59. The molecule has 0 bridgehead atoms. The van der Waals surface area contributed by atoms with Gasteiger partial charge >= 0.3 is 6.18 Å². The average Bonchev–Trinajstić information content (AvgIpc) is 3.03. The molecule has 1 N–H and O–H groups in total. The molecule has 27 heavy (non-hydrogen) atoms. The van der Waals surface area contributed by atoms with Crippen molar-refractivity contribution in [3.8, 4) is 0 Å². The number of halogens is 3. The Morgan fingerprint density at radius 1 is 1.19 bits per heavy atom. The van der Waals surface area contributed by atoms with Crippen molar-refractivity contribution in [3.05, 3.63) is 23.8 Å². The maximum atomic E-state index is 13.3. The van der Waals surface area contributed by atoms with Gasteiger partial charge in [0.05, 0.1) is 11.3 Å². The number of aromatic amines is 1. The van der Waals surface area contributed by atoms with Gasteiger partial charge in [-0.3, -0.25) is 4.79 Å². The van der Waals surface area contributed by atoms with E-state index in [0.29, 0.717) is 5.52 Å². The quantitative estimate of drug-likeness (QED) is 0.686. The monoisotopic (exact) mass is 395 g/mol. The normalized spacial score (nSPS) is 15.6. The number of thioether (sulfide) groups is 1. The van der Waals surface area contributed by atoms with Crippen LogP contribution in [0.25, 0.3) is 22.1 Å². The predicted octanol–water partition coefficient (Wildman–Crippen LogP) is 3.63. The zero-order chi connectivity index (χ0) is 19.0. The fourth-order valence-electron chi connectivity index (χ4n) is 3.26. The fraction of sp³-hybridized carbons (Fsp3) is 0.412. The van der Waals surface area contributed by atoms with Crippen molar-refractivity contribution in [3.63, 3.8) is 0 Å². The highest BCUT2D eigenvalue weighted by Gasteiger charge is 2.34. The third-order valence-electron chi connectivity index (χ3n) is 4.56. The van der Waals surface area contributed by atoms with Crippen LogP contribution < -0.4 is 0 Å². The van der Waals surface area contributed by atoms with E-state index in [-0.39, 0.29) is 33.4 Å². The van der Waals surface area contributed by atoms with Crippen molar-refractivity contribution in [2.75, 3.05) is 18.8 Å². The Kier molecular flexibility index (Phi) is 4.67. The molecule has 1 fully saturated rings. The van der Waals surface area contributed by atoms with Crippen LogP contribution in [0.2, 0.25) is 0 Å². The van der Waals surface area contributed by atoms with Gasteiger partial charge in [-0.15, -0.1) is 10.2 Å². The van der Waals surface area contributed by atoms with Gasteiger partial charge in [0.25, 0.3) is 0 Å². The molecule has 0 radical (unpaired) electrons. The van der Waals surface area contributed by atoms with Crippen molar-refractivity contribution in [2.24, 2.45) is 0 Å². The molecule has 10 heteroatoms. The zero-order valence-corrected chi connectivity index (χ0v) is 15.0. The summed E-state index contributed by atoms with van der Waals surface area (Å²) in [6.45, 7) is 1.53. The average molecular weight is 395 g/mol. The van der Waals surface area contributed by atoms with Crippen molar-refractivity contribution < 1.29 is 18.0 Å². The second-order valence-corrected chi connectivity index (χ2v) is 7.32. The number of alkyl halides is 3. The lowest BCUT2D eigenvalue weighted by atomic mass is 10.1. The van der Waals surface area contributed by atoms with Crippen molar-refractivity contribution in [1.82, 2.24) is 25.1 Å². The number of carbonyl (C=O) groups excluding carboxylic acids is 1. The van der Waals surface area contributed by atoms with E-state index in [2.05, 4.69) is 20.2 Å². The molecule has 0 spiro atoms. The zero-order valence-electron chi connectivity index (χ0n) is 14.2. The lowest BCUT2D eigenvalue weighted by Crippen LogP contribution is -2.36. The summed E-state index contributed by atoms with van der Waals surface area (Å²) in [5, 5.41) is 8.07. The number of fused-ring (bicyclic) bond motifs is 3. The number of H-pyrrole nitrogens is 1. The van der Waals surface area contributed by atoms with E-state index in [9.17, 15) is 18.0 Å². The van der Waals surface area contributed by atoms with Crippen LogP contribution in [0.1, 0.15) is 24.8 Å². The molecule has 1 amide bonds. The molecule has 6 nitrogen and oxygen atoms in total. The summed E-state index contributed by atoms with van der Waals surface area (Å²) >= 11 is 1.14. The maximum absolute atomic E-state index is 13.3. The number of nitrogens with one attached hydrogen (secondary N) is 1. The van der Waals surface area contributed by atoms with E-state index in [4.69, 9.17) is 0 Å². The largest absolute Gasteiger partial charge is 0.417 e. The number of amides is 1. The smallest absolute Gasteiger partial charge is 0.342 e. The number of carbonyl (C=O) groups is 1. The molecule has 2 aromatic heterocycles. The van der Waals surface area contributed by atoms with Crippen molar-refractivity contribution >= 4 is 39.7 Å². The molecule has 1 saturated heterocycles. The number of aromatic nitrogens is 4. The Bertz CT molecular complexity index is 997. The summed E-state index contributed by atoms with van der Waals surface area (Å²) in [5.41, 5.74) is -0.176. The lowest BCUT2D eigenvalue weighted by Gasteiger charge is -2.26. The van der Waals surface area contributed by atoms with Gasteiger partial charge in [-0.05, 0) is 31.4 Å². The minimum Gasteiger partial charge on any atom is -0.342 e. The highest BCUT2D eigenvalue weighted by atomic mass is 32.2. The Labute approximate surface area is 156 Å². The first-order chi connectivity index (χ1) is 12.9. The molecule has 3 heterocycles. The van der Waals surface area contributed by atoms with Gasteiger partial charge in [-0.25, -0.2) is 4.98 Å². The van der Waals surface area contributed by atoms with Crippen molar-refractivity contribution in [2.45, 2.75) is 30.6 Å². The number of hydrogen-bond acceptors (Lipinski definition) is 5. The number of hydrogen-bond donors (Lipinski definition) is 1. The van der Waals surface area contributed by atoms with E-state index in [1.165, 1.54) is 6.07 Å². The molecule has 142 valence electrons. The molecule has 1 aromatic carbocycles. The molecule has 0 saturated carbocycles. The second-order valence-electron chi connectivity index (χ2n) is 6.37. The minimum absolute atomic E-state index is 0.0133. The summed E-state index contributed by atoms with van der Waals surface area (Å²) in [4.78, 5) is 21.2. The first-order valence-corrected chi connectivity index (χ1v) is 9.55. The molecular weight excluding hydrogens is 379 g/mol. The molecule has 0 unspecified atom stereocenters. The highest BCUT2D eigenvalue weighted by Crippen LogP contribution is 2.37. The van der Waals surface area contributed by atoms with Crippen LogP contribution in [0.15, 0.2) is 23.4 Å². The Morgan fingerprint density at radius 3 is 2.70 bits per heavy atom. The maximum Gasteiger partial charge on any atom is 0.417 e. The molecule has 3 aromatic rings. The van der Waals surface area contributed by atoms with Crippen LogP contribution in [0.3, 0.4) is 0 Å². The van der Waals surface area contributed by atoms with Gasteiger partial charge in [0.2, 0.25) is 11.1 Å². The Morgan fingerprint density at radius 2 is 1.96 bits per heavy atom. The molecular formula is C17H16F3N5OS. The van der Waals surface area contributed by atoms with Crippen LogP contribution in [-0.2, 0) is 11.0 Å². The number of rotatable bonds is 3. The summed E-state index contributed by atoms with van der Waals surface area (Å²) in [5.74, 6) is 0.195. The highest BCUT2D eigenvalue weighted by molar-refractivity contribution is 7.99. The van der Waals surface area contributed by atoms with Gasteiger partial charge in [-0.1, -0.05) is 17.8 Å². The number of benzene rings is 1. The summed E-state index contributed by atoms with van der Waals surface area (Å²) in [6.07, 6.45) is -1.33. The summed E-state index contributed by atoms with van der Waals surface area (Å²) in [6, 6.07) is 3.89. The van der Waals surface area contributed by atoms with E-state index in [0.717, 1.165) is 50.2 Å². The van der Waals surface area contributed by atoms with Crippen LogP contribution in [-0.4, -0.2) is 49.8 Å². The third-order valence-corrected chi connectivity index (χ3v) is 5.38. The van der Waals surface area contributed by atoms with E-state index in [1.54, 1.807) is 6.07 Å². The lowest BCUT2D eigenvalue weighted by molar-refractivity contribution is -0.136. The third kappa shape index (κ3) is 3.58. The topological polar surface area (TPSA) is 74.8 Å². The van der Waals surface area contributed by atoms with E-state index in [1.807, 2.05) is 4.90 Å². The summed E-state index contributed by atoms with van der Waals surface area (Å²) in [7, 11) is 0. The number of nitrogens with zero attached hydrogens (tertiary/aromatic N) is 4. The first-order valence-electron chi connectivity index (χ1n) is 8.56. The van der Waals surface area contributed by atoms with Crippen LogP contribution >= 0.6 is 11.8 Å². The molecule has 0 atom stereocenters. The van der Waals surface area contributed by atoms with Gasteiger partial charge in [-0.2, -0.15) is 13.2 Å². The summed E-state index contributed by atoms with van der Waals surface area (Å²) < 4.78 is 39.8. The van der Waals surface area contributed by atoms with E-state index >= 15 is 0 Å². The van der Waals surface area contributed by atoms with Crippen molar-refractivity contribution in [1.29, 1.82) is 0 Å². The standard InChI is InChI=1S/C17H16F3N5OS/c18-17(19,20)10-5-4-6-11-13(10)14-15(21-11)22-16(24-23-14)27-9-12(26)25-7-2-1-3-8-25/h4-6H,1-3,7-9H2,(H,21,22,24). The molecule has 4 rings (SSSR count). The number of piperidine rings is 1. The van der Waals surface area contributed by atoms with Crippen LogP contribution in [0, 0.1) is 0 Å². The number of likely N-dealkylation sites (tertiary alicyclic amines) is 1. The van der Waals surface area contributed by atoms with Gasteiger partial charge in [0.1, 0.15) is 5.52 Å². The van der Waals surface area contributed by atoms with Crippen LogP contribution in [0.5, 0.6) is 0 Å². The Hall–Kier alpha value is -2.36. The SMILES string of the molecule is O=C(CSc1nnc2c(n1)[nH]c1cccc(C(F)(F)F)c12)N1CCCCC1. The molecule has 1 aliphatic heterocycles. The first kappa shape index (κ1) is 18.0. The molecule has 0 aliphatic carbocycles. The van der Waals surface area contributed by atoms with E-state index < -0.39 is 11.7 Å².